The van der Waals surface area contributed by atoms with Gasteiger partial charge in [0.1, 0.15) is 0 Å². The Morgan fingerprint density at radius 3 is 2.46 bits per heavy atom. The van der Waals surface area contributed by atoms with E-state index in [1.54, 1.807) is 18.3 Å². The van der Waals surface area contributed by atoms with Gasteiger partial charge in [-0.05, 0) is 24.6 Å². The number of carbonyl (C=O) groups excluding carboxylic acids is 2. The molecule has 6 nitrogen and oxygen atoms in total. The van der Waals surface area contributed by atoms with Crippen molar-refractivity contribution in [2.24, 2.45) is 10.2 Å². The summed E-state index contributed by atoms with van der Waals surface area (Å²) in [5.74, 6) is -0.270. The van der Waals surface area contributed by atoms with Gasteiger partial charge < -0.3 is 10.2 Å². The number of Topliss-reactive ketones (excluding diaryl/α,β-unsaturated/α-hetero) is 1. The second kappa shape index (κ2) is 8.84. The lowest BCUT2D eigenvalue weighted by atomic mass is 10.0. The van der Waals surface area contributed by atoms with Crippen LogP contribution in [0.1, 0.15) is 27.9 Å². The monoisotopic (exact) mass is 394 g/mol. The van der Waals surface area contributed by atoms with E-state index in [-0.39, 0.29) is 18.1 Å². The van der Waals surface area contributed by atoms with Crippen molar-refractivity contribution in [2.75, 3.05) is 19.0 Å². The Bertz CT molecular complexity index is 918. The highest BCUT2D eigenvalue weighted by molar-refractivity contribution is 8.15. The number of thioether (sulfide) groups is 1. The molecule has 2 aromatic rings. The highest BCUT2D eigenvalue weighted by atomic mass is 32.2. The Morgan fingerprint density at radius 2 is 1.82 bits per heavy atom. The molecule has 1 atom stereocenters. The fraction of sp³-hybridized carbons (Fsp3) is 0.238. The summed E-state index contributed by atoms with van der Waals surface area (Å²) in [6, 6.07) is 15.2. The van der Waals surface area contributed by atoms with Gasteiger partial charge in [-0.3, -0.25) is 9.59 Å². The molecule has 1 N–H and O–H groups in total. The second-order valence-corrected chi connectivity index (χ2v) is 7.92. The van der Waals surface area contributed by atoms with Crippen molar-refractivity contribution < 1.29 is 9.59 Å². The zero-order chi connectivity index (χ0) is 20.1. The highest BCUT2D eigenvalue weighted by Gasteiger charge is 2.32. The average Bonchev–Trinajstić information content (AvgIpc) is 3.02. The highest BCUT2D eigenvalue weighted by Crippen LogP contribution is 2.24. The zero-order valence-electron chi connectivity index (χ0n) is 16.0. The first-order chi connectivity index (χ1) is 13.4. The van der Waals surface area contributed by atoms with Crippen molar-refractivity contribution in [2.45, 2.75) is 18.6 Å². The lowest BCUT2D eigenvalue weighted by Crippen LogP contribution is -2.26. The summed E-state index contributed by atoms with van der Waals surface area (Å²) < 4.78 is 0. The number of rotatable bonds is 6. The molecule has 1 aliphatic heterocycles. The topological polar surface area (TPSA) is 74.1 Å². The van der Waals surface area contributed by atoms with Gasteiger partial charge in [0.15, 0.2) is 11.0 Å². The van der Waals surface area contributed by atoms with Gasteiger partial charge in [0.05, 0.1) is 11.5 Å². The molecule has 0 spiro atoms. The fourth-order valence-electron chi connectivity index (χ4n) is 2.62. The Labute approximate surface area is 168 Å². The van der Waals surface area contributed by atoms with E-state index in [9.17, 15) is 9.59 Å². The second-order valence-electron chi connectivity index (χ2n) is 6.72. The Hall–Kier alpha value is -2.93. The molecular formula is C21H22N4O2S. The van der Waals surface area contributed by atoms with Crippen LogP contribution in [0.4, 0.5) is 5.69 Å². The first kappa shape index (κ1) is 19.8. The van der Waals surface area contributed by atoms with Gasteiger partial charge >= 0.3 is 0 Å². The van der Waals surface area contributed by atoms with Crippen LogP contribution in [-0.2, 0) is 4.79 Å². The molecule has 1 aliphatic rings. The Kier molecular flexibility index (Phi) is 6.26. The van der Waals surface area contributed by atoms with Crippen LogP contribution in [0, 0.1) is 6.92 Å². The average molecular weight is 395 g/mol. The summed E-state index contributed by atoms with van der Waals surface area (Å²) in [4.78, 5) is 26.5. The van der Waals surface area contributed by atoms with E-state index in [1.807, 2.05) is 62.3 Å². The molecule has 0 radical (unpaired) electrons. The van der Waals surface area contributed by atoms with Gasteiger partial charge in [0.2, 0.25) is 5.91 Å². The number of nitrogens with zero attached hydrogens (tertiary/aromatic N) is 3. The Balaban J connectivity index is 1.58. The fourth-order valence-corrected chi connectivity index (χ4v) is 3.54. The van der Waals surface area contributed by atoms with E-state index >= 15 is 0 Å². The summed E-state index contributed by atoms with van der Waals surface area (Å²) in [6.07, 6.45) is 1.76. The molecule has 1 unspecified atom stereocenters. The standard InChI is InChI=1S/C21H22N4O2S/c1-14-4-8-16(9-5-14)18(26)12-19-20(27)23-21(28-19)24-22-13-15-6-10-17(11-7-15)25(2)3/h4-11,13,19H,12H2,1-3H3,(H,23,24,27)/b22-13-. The number of benzene rings is 2. The van der Waals surface area contributed by atoms with Crippen LogP contribution >= 0.6 is 11.8 Å². The van der Waals surface area contributed by atoms with Crippen LogP contribution in [-0.4, -0.2) is 42.4 Å². The summed E-state index contributed by atoms with van der Waals surface area (Å²) in [6.45, 7) is 1.97. The first-order valence-electron chi connectivity index (χ1n) is 8.88. The number of anilines is 1. The third kappa shape index (κ3) is 5.07. The van der Waals surface area contributed by atoms with Crippen molar-refractivity contribution >= 4 is 40.5 Å². The van der Waals surface area contributed by atoms with Crippen molar-refractivity contribution in [1.29, 1.82) is 0 Å². The van der Waals surface area contributed by atoms with Crippen molar-refractivity contribution in [3.8, 4) is 0 Å². The number of hydrogen-bond donors (Lipinski definition) is 1. The molecule has 7 heteroatoms. The predicted octanol–water partition coefficient (Wildman–Crippen LogP) is 3.26. The van der Waals surface area contributed by atoms with Crippen molar-refractivity contribution in [3.63, 3.8) is 0 Å². The summed E-state index contributed by atoms with van der Waals surface area (Å²) in [5.41, 5.74) is 3.72. The minimum atomic E-state index is -0.484. The first-order valence-corrected chi connectivity index (χ1v) is 9.76. The maximum atomic E-state index is 12.4. The van der Waals surface area contributed by atoms with Crippen molar-refractivity contribution in [3.05, 3.63) is 65.2 Å². The largest absolute Gasteiger partial charge is 0.378 e. The molecule has 3 rings (SSSR count). The predicted molar refractivity (Wildman–Crippen MR) is 115 cm³/mol. The van der Waals surface area contributed by atoms with Gasteiger partial charge in [-0.1, -0.05) is 53.7 Å². The molecule has 0 bridgehead atoms. The number of aryl methyl sites for hydroxylation is 1. The van der Waals surface area contributed by atoms with E-state index in [4.69, 9.17) is 0 Å². The molecule has 0 aliphatic carbocycles. The molecule has 0 aromatic heterocycles. The molecule has 2 aromatic carbocycles. The van der Waals surface area contributed by atoms with Crippen LogP contribution in [0.5, 0.6) is 0 Å². The number of amides is 1. The molecule has 28 heavy (non-hydrogen) atoms. The SMILES string of the molecule is Cc1ccc(C(=O)CC2S/C(=N/N=C\c3ccc(N(C)C)cc3)NC2=O)cc1. The zero-order valence-corrected chi connectivity index (χ0v) is 16.9. The van der Waals surface area contributed by atoms with Crippen molar-refractivity contribution in [1.82, 2.24) is 5.32 Å². The molecule has 1 heterocycles. The van der Waals surface area contributed by atoms with E-state index in [2.05, 4.69) is 15.5 Å². The number of ketones is 1. The van der Waals surface area contributed by atoms with Crippen LogP contribution < -0.4 is 10.2 Å². The summed E-state index contributed by atoms with van der Waals surface area (Å²) in [7, 11) is 3.96. The quantitative estimate of drug-likeness (QED) is 0.464. The summed E-state index contributed by atoms with van der Waals surface area (Å²) >= 11 is 1.23. The molecule has 0 saturated carbocycles. The third-order valence-electron chi connectivity index (χ3n) is 4.29. The maximum absolute atomic E-state index is 12.4. The number of nitrogens with one attached hydrogen (secondary N) is 1. The third-order valence-corrected chi connectivity index (χ3v) is 5.36. The van der Waals surface area contributed by atoms with Gasteiger partial charge in [-0.2, -0.15) is 5.10 Å². The molecule has 1 fully saturated rings. The van der Waals surface area contributed by atoms with Gasteiger partial charge in [-0.15, -0.1) is 5.10 Å². The summed E-state index contributed by atoms with van der Waals surface area (Å²) in [5, 5.41) is 10.7. The Morgan fingerprint density at radius 1 is 1.14 bits per heavy atom. The smallest absolute Gasteiger partial charge is 0.240 e. The van der Waals surface area contributed by atoms with Crippen LogP contribution in [0.2, 0.25) is 0 Å². The van der Waals surface area contributed by atoms with Crippen LogP contribution in [0.3, 0.4) is 0 Å². The lowest BCUT2D eigenvalue weighted by Gasteiger charge is -2.11. The molecule has 1 amide bonds. The van der Waals surface area contributed by atoms with Gasteiger partial charge in [0.25, 0.3) is 0 Å². The minimum absolute atomic E-state index is 0.0571. The van der Waals surface area contributed by atoms with Crippen LogP contribution in [0.15, 0.2) is 58.7 Å². The van der Waals surface area contributed by atoms with E-state index in [0.29, 0.717) is 10.7 Å². The normalized spacial score (nSPS) is 17.9. The molecular weight excluding hydrogens is 372 g/mol. The van der Waals surface area contributed by atoms with E-state index in [1.165, 1.54) is 11.8 Å². The van der Waals surface area contributed by atoms with E-state index < -0.39 is 5.25 Å². The number of hydrogen-bond acceptors (Lipinski definition) is 6. The number of amidine groups is 1. The van der Waals surface area contributed by atoms with Crippen LogP contribution in [0.25, 0.3) is 0 Å². The molecule has 1 saturated heterocycles. The maximum Gasteiger partial charge on any atom is 0.240 e. The van der Waals surface area contributed by atoms with Gasteiger partial charge in [0, 0.05) is 31.8 Å². The molecule has 144 valence electrons. The minimum Gasteiger partial charge on any atom is -0.378 e. The van der Waals surface area contributed by atoms with Gasteiger partial charge in [-0.25, -0.2) is 0 Å². The number of carbonyl (C=O) groups is 2. The van der Waals surface area contributed by atoms with E-state index in [0.717, 1.165) is 16.8 Å². The lowest BCUT2D eigenvalue weighted by molar-refractivity contribution is -0.118.